The van der Waals surface area contributed by atoms with Crippen LogP contribution in [0.5, 0.6) is 0 Å². The van der Waals surface area contributed by atoms with Gasteiger partial charge in [0.05, 0.1) is 29.7 Å². The summed E-state index contributed by atoms with van der Waals surface area (Å²) < 4.78 is 18.2. The number of nitrogens with zero attached hydrogens (tertiary/aromatic N) is 5. The number of non-ortho nitro benzene ring substituents is 1. The van der Waals surface area contributed by atoms with E-state index in [4.69, 9.17) is 16.9 Å². The lowest BCUT2D eigenvalue weighted by Gasteiger charge is -2.30. The van der Waals surface area contributed by atoms with E-state index < -0.39 is 18.3 Å². The van der Waals surface area contributed by atoms with Crippen molar-refractivity contribution >= 4 is 47.4 Å². The minimum absolute atomic E-state index is 0.0852. The van der Waals surface area contributed by atoms with Crippen LogP contribution in [0.1, 0.15) is 35.3 Å². The van der Waals surface area contributed by atoms with Gasteiger partial charge < -0.3 is 10.4 Å². The first-order chi connectivity index (χ1) is 17.7. The Kier molecular flexibility index (Phi) is 7.93. The molecular weight excluding hydrogens is 517 g/mol. The summed E-state index contributed by atoms with van der Waals surface area (Å²) in [6, 6.07) is 14.1. The van der Waals surface area contributed by atoms with Crippen molar-refractivity contribution in [2.24, 2.45) is 0 Å². The van der Waals surface area contributed by atoms with Gasteiger partial charge in [-0.25, -0.2) is 9.35 Å². The second-order valence-corrected chi connectivity index (χ2v) is 11.4. The predicted molar refractivity (Wildman–Crippen MR) is 141 cm³/mol. The fourth-order valence-corrected chi connectivity index (χ4v) is 7.19. The number of halogens is 1. The van der Waals surface area contributed by atoms with E-state index in [1.807, 2.05) is 4.67 Å². The zero-order valence-corrected chi connectivity index (χ0v) is 21.7. The third kappa shape index (κ3) is 5.67. The summed E-state index contributed by atoms with van der Waals surface area (Å²) in [6.07, 6.45) is 1.83. The highest BCUT2D eigenvalue weighted by atomic mass is 35.5. The fourth-order valence-electron chi connectivity index (χ4n) is 4.24. The van der Waals surface area contributed by atoms with Crippen molar-refractivity contribution in [2.45, 2.75) is 32.7 Å². The van der Waals surface area contributed by atoms with Crippen molar-refractivity contribution in [1.82, 2.24) is 14.5 Å². The molecule has 192 valence electrons. The number of nitrogens with one attached hydrogen (secondary N) is 2. The van der Waals surface area contributed by atoms with Crippen LogP contribution < -0.4 is 15.7 Å². The van der Waals surface area contributed by atoms with Gasteiger partial charge in [0.1, 0.15) is 11.1 Å². The van der Waals surface area contributed by atoms with Crippen molar-refractivity contribution in [3.8, 4) is 6.07 Å². The Labute approximate surface area is 218 Å². The molecular formula is C24H25ClN7O4P. The lowest BCUT2D eigenvalue weighted by molar-refractivity contribution is -0.384. The van der Waals surface area contributed by atoms with Crippen LogP contribution in [0.2, 0.25) is 5.02 Å². The van der Waals surface area contributed by atoms with Crippen molar-refractivity contribution in [1.29, 1.82) is 5.26 Å². The highest BCUT2D eigenvalue weighted by Crippen LogP contribution is 2.52. The molecule has 0 bridgehead atoms. The summed E-state index contributed by atoms with van der Waals surface area (Å²) in [7, 11) is -3.61. The van der Waals surface area contributed by atoms with Gasteiger partial charge in [0.15, 0.2) is 0 Å². The number of aromatic nitrogens is 2. The molecule has 4 rings (SSSR count). The Morgan fingerprint density at radius 1 is 1.19 bits per heavy atom. The first kappa shape index (κ1) is 26.4. The minimum Gasteiger partial charge on any atom is -0.321 e. The maximum Gasteiger partial charge on any atom is 0.272 e. The first-order valence-corrected chi connectivity index (χ1v) is 13.7. The summed E-state index contributed by atoms with van der Waals surface area (Å²) in [6.45, 7) is 3.01. The molecule has 3 aromatic rings. The molecule has 2 N–H and O–H groups in total. The van der Waals surface area contributed by atoms with Gasteiger partial charge in [-0.05, 0) is 56.2 Å². The van der Waals surface area contributed by atoms with E-state index in [0.717, 1.165) is 12.8 Å². The van der Waals surface area contributed by atoms with E-state index in [0.29, 0.717) is 40.4 Å². The van der Waals surface area contributed by atoms with Crippen LogP contribution in [0.4, 0.5) is 17.2 Å². The molecule has 1 atom stereocenters. The average molecular weight is 542 g/mol. The van der Waals surface area contributed by atoms with Crippen LogP contribution in [0.15, 0.2) is 48.5 Å². The molecule has 0 aliphatic carbocycles. The van der Waals surface area contributed by atoms with E-state index in [2.05, 4.69) is 21.6 Å². The average Bonchev–Trinajstić information content (AvgIpc) is 3.52. The standard InChI is InChI=1S/C24H25ClN7O4P/c1-17-22(23(31(28-17)16-4-13-26)27-24(33)18-5-7-19(25)8-6-18)37(36,30-14-2-3-15-30)29-20-9-11-21(12-10-20)32(34)35/h5-12H,2-4,14-16H2,1H3,(H,27,33)(H,29,36). The van der Waals surface area contributed by atoms with E-state index >= 15 is 0 Å². The molecule has 2 heterocycles. The number of rotatable bonds is 9. The van der Waals surface area contributed by atoms with E-state index in [1.165, 1.54) is 28.9 Å². The number of aryl methyl sites for hydroxylation is 2. The zero-order chi connectivity index (χ0) is 26.6. The topological polar surface area (TPSA) is 146 Å². The molecule has 13 heteroatoms. The molecule has 0 radical (unpaired) electrons. The molecule has 2 aromatic carbocycles. The minimum atomic E-state index is -3.61. The van der Waals surface area contributed by atoms with Crippen LogP contribution >= 0.6 is 19.0 Å². The number of hydrogen-bond acceptors (Lipinski definition) is 6. The molecule has 37 heavy (non-hydrogen) atoms. The number of nitro benzene ring substituents is 1. The second-order valence-electron chi connectivity index (χ2n) is 8.53. The van der Waals surface area contributed by atoms with Crippen molar-refractivity contribution in [3.63, 3.8) is 0 Å². The monoisotopic (exact) mass is 541 g/mol. The lowest BCUT2D eigenvalue weighted by Crippen LogP contribution is -2.31. The fraction of sp³-hybridized carbons (Fsp3) is 0.292. The number of benzene rings is 2. The van der Waals surface area contributed by atoms with Gasteiger partial charge in [0, 0.05) is 41.5 Å². The van der Waals surface area contributed by atoms with E-state index in [-0.39, 0.29) is 24.5 Å². The second kappa shape index (κ2) is 11.1. The molecule has 0 spiro atoms. The third-order valence-electron chi connectivity index (χ3n) is 6.01. The lowest BCUT2D eigenvalue weighted by atomic mass is 10.2. The van der Waals surface area contributed by atoms with Crippen LogP contribution in [-0.2, 0) is 11.1 Å². The van der Waals surface area contributed by atoms with Crippen LogP contribution in [0.25, 0.3) is 0 Å². The largest absolute Gasteiger partial charge is 0.321 e. The van der Waals surface area contributed by atoms with Crippen LogP contribution in [0.3, 0.4) is 0 Å². The molecule has 1 aliphatic heterocycles. The van der Waals surface area contributed by atoms with Gasteiger partial charge in [-0.2, -0.15) is 10.4 Å². The highest BCUT2D eigenvalue weighted by molar-refractivity contribution is 7.71. The number of nitro groups is 1. The molecule has 1 unspecified atom stereocenters. The highest BCUT2D eigenvalue weighted by Gasteiger charge is 2.41. The molecule has 1 aliphatic rings. The molecule has 1 saturated heterocycles. The Balaban J connectivity index is 1.80. The maximum absolute atomic E-state index is 14.9. The van der Waals surface area contributed by atoms with Crippen molar-refractivity contribution < 1.29 is 14.3 Å². The Morgan fingerprint density at radius 2 is 1.84 bits per heavy atom. The number of carbonyl (C=O) groups excluding carboxylic acids is 1. The summed E-state index contributed by atoms with van der Waals surface area (Å²) in [5.41, 5.74) is 1.13. The van der Waals surface area contributed by atoms with Gasteiger partial charge >= 0.3 is 0 Å². The summed E-state index contributed by atoms with van der Waals surface area (Å²) in [4.78, 5) is 23.8. The number of amides is 1. The SMILES string of the molecule is Cc1nn(CCC#N)c(NC(=O)c2ccc(Cl)cc2)c1P(=O)(Nc1ccc([N+](=O)[O-])cc1)N1CCCC1. The Hall–Kier alpha value is -3.71. The van der Waals surface area contributed by atoms with Gasteiger partial charge in [-0.3, -0.25) is 19.5 Å². The van der Waals surface area contributed by atoms with Gasteiger partial charge in [0.25, 0.3) is 19.0 Å². The first-order valence-electron chi connectivity index (χ1n) is 11.6. The predicted octanol–water partition coefficient (Wildman–Crippen LogP) is 4.95. The number of carbonyl (C=O) groups is 1. The number of nitriles is 1. The van der Waals surface area contributed by atoms with E-state index in [1.54, 1.807) is 31.2 Å². The Bertz CT molecular complexity index is 1390. The quantitative estimate of drug-likeness (QED) is 0.220. The third-order valence-corrected chi connectivity index (χ3v) is 9.16. The number of hydrogen-bond donors (Lipinski definition) is 2. The van der Waals surface area contributed by atoms with Crippen LogP contribution in [-0.4, -0.2) is 38.4 Å². The summed E-state index contributed by atoms with van der Waals surface area (Å²) in [5.74, 6) is -0.211. The zero-order valence-electron chi connectivity index (χ0n) is 20.1. The normalized spacial score (nSPS) is 15.1. The van der Waals surface area contributed by atoms with Crippen molar-refractivity contribution in [3.05, 3.63) is 74.9 Å². The van der Waals surface area contributed by atoms with Crippen molar-refractivity contribution in [2.75, 3.05) is 23.5 Å². The van der Waals surface area contributed by atoms with Gasteiger partial charge in [-0.1, -0.05) is 11.6 Å². The molecule has 11 nitrogen and oxygen atoms in total. The Morgan fingerprint density at radius 3 is 2.43 bits per heavy atom. The summed E-state index contributed by atoms with van der Waals surface area (Å²) in [5, 5.41) is 31.6. The molecule has 1 amide bonds. The smallest absolute Gasteiger partial charge is 0.272 e. The maximum atomic E-state index is 14.9. The van der Waals surface area contributed by atoms with Crippen LogP contribution in [0, 0.1) is 28.4 Å². The molecule has 0 saturated carbocycles. The van der Waals surface area contributed by atoms with E-state index in [9.17, 15) is 19.5 Å². The van der Waals surface area contributed by atoms with Gasteiger partial charge in [-0.15, -0.1) is 0 Å². The summed E-state index contributed by atoms with van der Waals surface area (Å²) >= 11 is 5.96. The molecule has 1 aromatic heterocycles. The number of anilines is 2. The van der Waals surface area contributed by atoms with Gasteiger partial charge in [0.2, 0.25) is 0 Å². The molecule has 1 fully saturated rings.